The molecule has 0 aliphatic heterocycles. The van der Waals surface area contributed by atoms with Gasteiger partial charge in [-0.25, -0.2) is 0 Å². The van der Waals surface area contributed by atoms with Crippen molar-refractivity contribution >= 4 is 16.6 Å². The molecule has 104 valence electrons. The molecule has 2 rings (SSSR count). The van der Waals surface area contributed by atoms with Gasteiger partial charge in [0.05, 0.1) is 23.9 Å². The number of fused-ring (bicyclic) bond motifs is 1. The lowest BCUT2D eigenvalue weighted by molar-refractivity contribution is 0.170. The molecule has 0 saturated heterocycles. The number of aliphatic hydroxyl groups excluding tert-OH is 1. The summed E-state index contributed by atoms with van der Waals surface area (Å²) in [6.45, 7) is 0.474. The maximum absolute atomic E-state index is 9.18. The number of nitrogens with zero attached hydrogens (tertiary/aromatic N) is 3. The van der Waals surface area contributed by atoms with E-state index in [4.69, 9.17) is 9.84 Å². The minimum atomic E-state index is -0.0929. The molecule has 0 fully saturated rings. The van der Waals surface area contributed by atoms with Crippen molar-refractivity contribution in [3.8, 4) is 6.07 Å². The fraction of sp³-hybridized carbons (Fsp3) is 0.357. The van der Waals surface area contributed by atoms with Gasteiger partial charge in [0.2, 0.25) is 0 Å². The third-order valence-corrected chi connectivity index (χ3v) is 2.97. The van der Waals surface area contributed by atoms with Crippen LogP contribution in [-0.4, -0.2) is 41.7 Å². The van der Waals surface area contributed by atoms with Crippen LogP contribution in [0, 0.1) is 11.3 Å². The molecule has 1 atom stereocenters. The van der Waals surface area contributed by atoms with Crippen molar-refractivity contribution in [2.75, 3.05) is 25.6 Å². The summed E-state index contributed by atoms with van der Waals surface area (Å²) < 4.78 is 5.12. The van der Waals surface area contributed by atoms with Crippen molar-refractivity contribution in [1.82, 2.24) is 10.2 Å². The SMILES string of the molecule is COCC(CCO)Nc1c(C#N)nnc2ccccc12. The number of ether oxygens (including phenoxy) is 1. The van der Waals surface area contributed by atoms with E-state index >= 15 is 0 Å². The number of benzene rings is 1. The van der Waals surface area contributed by atoms with Crippen LogP contribution in [0.15, 0.2) is 24.3 Å². The van der Waals surface area contributed by atoms with Gasteiger partial charge in [-0.3, -0.25) is 0 Å². The molecule has 1 aromatic carbocycles. The molecular weight excluding hydrogens is 256 g/mol. The van der Waals surface area contributed by atoms with E-state index in [1.165, 1.54) is 0 Å². The first-order valence-corrected chi connectivity index (χ1v) is 6.32. The highest BCUT2D eigenvalue weighted by Crippen LogP contribution is 2.24. The minimum Gasteiger partial charge on any atom is -0.396 e. The van der Waals surface area contributed by atoms with Crippen LogP contribution < -0.4 is 5.32 Å². The summed E-state index contributed by atoms with van der Waals surface area (Å²) in [6.07, 6.45) is 0.523. The average molecular weight is 272 g/mol. The first-order chi connectivity index (χ1) is 9.80. The molecule has 0 radical (unpaired) electrons. The van der Waals surface area contributed by atoms with Crippen molar-refractivity contribution in [2.24, 2.45) is 0 Å². The van der Waals surface area contributed by atoms with E-state index in [1.807, 2.05) is 30.3 Å². The lowest BCUT2D eigenvalue weighted by Crippen LogP contribution is -2.27. The van der Waals surface area contributed by atoms with E-state index in [0.29, 0.717) is 24.2 Å². The molecule has 1 heterocycles. The number of aromatic nitrogens is 2. The molecule has 1 aromatic heterocycles. The van der Waals surface area contributed by atoms with E-state index in [9.17, 15) is 5.26 Å². The van der Waals surface area contributed by atoms with E-state index in [1.54, 1.807) is 7.11 Å². The molecular formula is C14H16N4O2. The molecule has 0 aliphatic carbocycles. The highest BCUT2D eigenvalue weighted by Gasteiger charge is 2.15. The number of aliphatic hydroxyl groups is 1. The van der Waals surface area contributed by atoms with Crippen molar-refractivity contribution in [1.29, 1.82) is 5.26 Å². The zero-order valence-corrected chi connectivity index (χ0v) is 11.2. The second kappa shape index (κ2) is 6.80. The van der Waals surface area contributed by atoms with Gasteiger partial charge in [0.25, 0.3) is 0 Å². The van der Waals surface area contributed by atoms with Crippen LogP contribution in [0.1, 0.15) is 12.1 Å². The Kier molecular flexibility index (Phi) is 4.82. The van der Waals surface area contributed by atoms with Crippen LogP contribution in [0.25, 0.3) is 10.9 Å². The van der Waals surface area contributed by atoms with Crippen LogP contribution >= 0.6 is 0 Å². The highest BCUT2D eigenvalue weighted by molar-refractivity contribution is 5.92. The fourth-order valence-electron chi connectivity index (χ4n) is 2.04. The maximum atomic E-state index is 9.18. The molecule has 0 bridgehead atoms. The predicted octanol–water partition coefficient (Wildman–Crippen LogP) is 1.31. The van der Waals surface area contributed by atoms with Crippen molar-refractivity contribution in [3.63, 3.8) is 0 Å². The standard InChI is InChI=1S/C14H16N4O2/c1-20-9-10(6-7-19)16-14-11-4-2-3-5-12(11)17-18-13(14)8-15/h2-5,10,19H,6-7,9H2,1H3,(H,16,17). The minimum absolute atomic E-state index is 0.0410. The fourth-order valence-corrected chi connectivity index (χ4v) is 2.04. The van der Waals surface area contributed by atoms with Crippen LogP contribution in [0.2, 0.25) is 0 Å². The van der Waals surface area contributed by atoms with Gasteiger partial charge < -0.3 is 15.2 Å². The van der Waals surface area contributed by atoms with E-state index < -0.39 is 0 Å². The number of hydrogen-bond donors (Lipinski definition) is 2. The van der Waals surface area contributed by atoms with Crippen molar-refractivity contribution < 1.29 is 9.84 Å². The van der Waals surface area contributed by atoms with Gasteiger partial charge in [-0.05, 0) is 12.5 Å². The van der Waals surface area contributed by atoms with Crippen LogP contribution in [0.5, 0.6) is 0 Å². The van der Waals surface area contributed by atoms with Gasteiger partial charge >= 0.3 is 0 Å². The zero-order chi connectivity index (χ0) is 14.4. The quantitative estimate of drug-likeness (QED) is 0.824. The lowest BCUT2D eigenvalue weighted by Gasteiger charge is -2.19. The molecule has 1 unspecified atom stereocenters. The Morgan fingerprint density at radius 3 is 2.90 bits per heavy atom. The third kappa shape index (κ3) is 3.02. The summed E-state index contributed by atoms with van der Waals surface area (Å²) in [6, 6.07) is 9.42. The van der Waals surface area contributed by atoms with Gasteiger partial charge in [-0.15, -0.1) is 10.2 Å². The Labute approximate surface area is 117 Å². The predicted molar refractivity (Wildman–Crippen MR) is 75.2 cm³/mol. The second-order valence-electron chi connectivity index (χ2n) is 4.36. The monoisotopic (exact) mass is 272 g/mol. The summed E-state index contributed by atoms with van der Waals surface area (Å²) in [5.41, 5.74) is 1.59. The molecule has 20 heavy (non-hydrogen) atoms. The van der Waals surface area contributed by atoms with Crippen LogP contribution in [0.3, 0.4) is 0 Å². The largest absolute Gasteiger partial charge is 0.396 e. The molecule has 0 saturated carbocycles. The Morgan fingerprint density at radius 2 is 2.20 bits per heavy atom. The number of hydrogen-bond acceptors (Lipinski definition) is 6. The summed E-state index contributed by atoms with van der Waals surface area (Å²) in [4.78, 5) is 0. The first kappa shape index (κ1) is 14.2. The number of nitrogens with one attached hydrogen (secondary N) is 1. The third-order valence-electron chi connectivity index (χ3n) is 2.97. The molecule has 2 N–H and O–H groups in total. The van der Waals surface area contributed by atoms with Gasteiger partial charge in [0, 0.05) is 19.1 Å². The normalized spacial score (nSPS) is 12.1. The zero-order valence-electron chi connectivity index (χ0n) is 11.2. The van der Waals surface area contributed by atoms with Gasteiger partial charge in [-0.1, -0.05) is 18.2 Å². The molecule has 0 amide bonds. The van der Waals surface area contributed by atoms with Crippen LogP contribution in [-0.2, 0) is 4.74 Å². The Bertz CT molecular complexity index is 618. The maximum Gasteiger partial charge on any atom is 0.186 e. The van der Waals surface area contributed by atoms with Crippen molar-refractivity contribution in [3.05, 3.63) is 30.0 Å². The van der Waals surface area contributed by atoms with Gasteiger partial charge in [-0.2, -0.15) is 5.26 Å². The molecule has 6 nitrogen and oxygen atoms in total. The Morgan fingerprint density at radius 1 is 1.40 bits per heavy atom. The summed E-state index contributed by atoms with van der Waals surface area (Å²) in [5.74, 6) is 0. The Balaban J connectivity index is 2.42. The number of anilines is 1. The second-order valence-corrected chi connectivity index (χ2v) is 4.36. The Hall–Kier alpha value is -2.23. The lowest BCUT2D eigenvalue weighted by atomic mass is 10.1. The topological polar surface area (TPSA) is 91.1 Å². The smallest absolute Gasteiger partial charge is 0.186 e. The van der Waals surface area contributed by atoms with Crippen molar-refractivity contribution in [2.45, 2.75) is 12.5 Å². The molecule has 6 heteroatoms. The summed E-state index contributed by atoms with van der Waals surface area (Å²) in [7, 11) is 1.60. The van der Waals surface area contributed by atoms with E-state index in [0.717, 1.165) is 5.39 Å². The van der Waals surface area contributed by atoms with Gasteiger partial charge in [0.15, 0.2) is 5.69 Å². The van der Waals surface area contributed by atoms with Crippen LogP contribution in [0.4, 0.5) is 5.69 Å². The first-order valence-electron chi connectivity index (χ1n) is 6.32. The number of rotatable bonds is 6. The molecule has 2 aromatic rings. The molecule has 0 spiro atoms. The number of methoxy groups -OCH3 is 1. The molecule has 0 aliphatic rings. The highest BCUT2D eigenvalue weighted by atomic mass is 16.5. The summed E-state index contributed by atoms with van der Waals surface area (Å²) >= 11 is 0. The summed E-state index contributed by atoms with van der Waals surface area (Å²) in [5, 5.41) is 30.3. The number of nitriles is 1. The average Bonchev–Trinajstić information content (AvgIpc) is 2.48. The van der Waals surface area contributed by atoms with E-state index in [-0.39, 0.29) is 18.3 Å². The van der Waals surface area contributed by atoms with E-state index in [2.05, 4.69) is 15.5 Å². The van der Waals surface area contributed by atoms with Gasteiger partial charge in [0.1, 0.15) is 6.07 Å².